The smallest absolute Gasteiger partial charge is 0.214 e. The van der Waals surface area contributed by atoms with Gasteiger partial charge in [0.15, 0.2) is 0 Å². The van der Waals surface area contributed by atoms with Gasteiger partial charge in [0.1, 0.15) is 0 Å². The Morgan fingerprint density at radius 1 is 1.20 bits per heavy atom. The summed E-state index contributed by atoms with van der Waals surface area (Å²) in [5.41, 5.74) is 1.26. The Balaban J connectivity index is 2.24. The molecular weight excluding hydrogens is 210 g/mol. The van der Waals surface area contributed by atoms with Crippen LogP contribution in [0.3, 0.4) is 0 Å². The molecule has 0 bridgehead atoms. The van der Waals surface area contributed by atoms with Gasteiger partial charge in [-0.15, -0.1) is 0 Å². The summed E-state index contributed by atoms with van der Waals surface area (Å²) in [5, 5.41) is 0. The molecule has 1 aromatic rings. The van der Waals surface area contributed by atoms with Crippen LogP contribution in [-0.4, -0.2) is 15.5 Å². The lowest BCUT2D eigenvalue weighted by atomic mass is 9.80. The fourth-order valence-electron chi connectivity index (χ4n) is 1.78. The van der Waals surface area contributed by atoms with Crippen molar-refractivity contribution >= 4 is 10.0 Å². The van der Waals surface area contributed by atoms with E-state index in [4.69, 9.17) is 0 Å². The fourth-order valence-corrected chi connectivity index (χ4v) is 2.51. The van der Waals surface area contributed by atoms with Crippen molar-refractivity contribution in [2.75, 3.05) is 7.05 Å². The molecule has 0 saturated heterocycles. The summed E-state index contributed by atoms with van der Waals surface area (Å²) in [6.07, 6.45) is 3.76. The molecule has 1 saturated carbocycles. The maximum Gasteiger partial charge on any atom is 0.240 e. The Morgan fingerprint density at radius 2 is 1.80 bits per heavy atom. The number of rotatable bonds is 3. The maximum absolute atomic E-state index is 11.5. The molecule has 3 nitrogen and oxygen atoms in total. The molecule has 1 aliphatic carbocycles. The summed E-state index contributed by atoms with van der Waals surface area (Å²) in [6, 6.07) is 7.21. The normalized spacial score (nSPS) is 17.4. The Bertz CT molecular complexity index is 432. The zero-order valence-electron chi connectivity index (χ0n) is 8.73. The monoisotopic (exact) mass is 225 g/mol. The molecule has 0 aromatic heterocycles. The van der Waals surface area contributed by atoms with Crippen LogP contribution in [-0.2, 0) is 10.0 Å². The number of sulfonamides is 1. The van der Waals surface area contributed by atoms with Gasteiger partial charge in [-0.3, -0.25) is 0 Å². The molecular formula is C11H15NO2S. The van der Waals surface area contributed by atoms with E-state index in [9.17, 15) is 8.42 Å². The highest BCUT2D eigenvalue weighted by Gasteiger charge is 2.20. The largest absolute Gasteiger partial charge is 0.240 e. The van der Waals surface area contributed by atoms with E-state index in [1.54, 1.807) is 12.1 Å². The van der Waals surface area contributed by atoms with E-state index in [0.29, 0.717) is 10.8 Å². The van der Waals surface area contributed by atoms with Gasteiger partial charge in [0.2, 0.25) is 10.0 Å². The molecule has 1 aliphatic rings. The highest BCUT2D eigenvalue weighted by molar-refractivity contribution is 7.89. The molecule has 1 N–H and O–H groups in total. The first-order valence-corrected chi connectivity index (χ1v) is 6.65. The molecule has 1 fully saturated rings. The van der Waals surface area contributed by atoms with Gasteiger partial charge in [0, 0.05) is 0 Å². The average Bonchev–Trinajstić information content (AvgIpc) is 2.16. The van der Waals surface area contributed by atoms with Gasteiger partial charge in [-0.1, -0.05) is 18.6 Å². The van der Waals surface area contributed by atoms with Crippen molar-refractivity contribution in [2.45, 2.75) is 30.1 Å². The summed E-state index contributed by atoms with van der Waals surface area (Å²) in [7, 11) is -1.85. The average molecular weight is 225 g/mol. The molecule has 2 rings (SSSR count). The van der Waals surface area contributed by atoms with Crippen molar-refractivity contribution in [2.24, 2.45) is 0 Å². The van der Waals surface area contributed by atoms with Crippen LogP contribution < -0.4 is 4.72 Å². The number of hydrogen-bond acceptors (Lipinski definition) is 2. The fraction of sp³-hybridized carbons (Fsp3) is 0.455. The second-order valence-corrected chi connectivity index (χ2v) is 5.79. The van der Waals surface area contributed by atoms with E-state index in [1.165, 1.54) is 31.9 Å². The quantitative estimate of drug-likeness (QED) is 0.853. The topological polar surface area (TPSA) is 46.2 Å². The van der Waals surface area contributed by atoms with Gasteiger partial charge in [-0.2, -0.15) is 0 Å². The highest BCUT2D eigenvalue weighted by atomic mass is 32.2. The van der Waals surface area contributed by atoms with Crippen LogP contribution in [0.15, 0.2) is 29.2 Å². The van der Waals surface area contributed by atoms with Gasteiger partial charge in [-0.25, -0.2) is 13.1 Å². The van der Waals surface area contributed by atoms with E-state index < -0.39 is 10.0 Å². The third-order valence-corrected chi connectivity index (χ3v) is 4.47. The summed E-state index contributed by atoms with van der Waals surface area (Å²) >= 11 is 0. The molecule has 0 atom stereocenters. The molecule has 0 spiro atoms. The van der Waals surface area contributed by atoms with Gasteiger partial charge < -0.3 is 0 Å². The minimum atomic E-state index is -3.28. The second-order valence-electron chi connectivity index (χ2n) is 3.90. The molecule has 0 heterocycles. The predicted octanol–water partition coefficient (Wildman–Crippen LogP) is 1.86. The lowest BCUT2D eigenvalue weighted by Gasteiger charge is -2.25. The highest BCUT2D eigenvalue weighted by Crippen LogP contribution is 2.36. The van der Waals surface area contributed by atoms with Crippen LogP contribution in [0.25, 0.3) is 0 Å². The Labute approximate surface area is 90.6 Å². The first-order valence-electron chi connectivity index (χ1n) is 5.17. The lowest BCUT2D eigenvalue weighted by Crippen LogP contribution is -2.18. The number of hydrogen-bond donors (Lipinski definition) is 1. The van der Waals surface area contributed by atoms with Crippen LogP contribution >= 0.6 is 0 Å². The third-order valence-electron chi connectivity index (χ3n) is 3.04. The minimum absolute atomic E-state index is 0.341. The molecule has 0 unspecified atom stereocenters. The molecule has 0 radical (unpaired) electrons. The van der Waals surface area contributed by atoms with Crippen molar-refractivity contribution in [3.05, 3.63) is 29.8 Å². The number of nitrogens with one attached hydrogen (secondary N) is 1. The third kappa shape index (κ3) is 2.06. The second kappa shape index (κ2) is 3.94. The summed E-state index contributed by atoms with van der Waals surface area (Å²) in [4.78, 5) is 0.341. The molecule has 4 heteroatoms. The SMILES string of the molecule is CNS(=O)(=O)c1ccc(C2CCC2)cc1. The van der Waals surface area contributed by atoms with E-state index in [0.717, 1.165) is 0 Å². The van der Waals surface area contributed by atoms with Crippen LogP contribution in [0.2, 0.25) is 0 Å². The van der Waals surface area contributed by atoms with Gasteiger partial charge >= 0.3 is 0 Å². The molecule has 15 heavy (non-hydrogen) atoms. The van der Waals surface area contributed by atoms with Crippen molar-refractivity contribution < 1.29 is 8.42 Å². The minimum Gasteiger partial charge on any atom is -0.214 e. The first kappa shape index (κ1) is 10.6. The standard InChI is InChI=1S/C11H15NO2S/c1-12-15(13,14)11-7-5-10(6-8-11)9-3-2-4-9/h5-9,12H,2-4H2,1H3. The summed E-state index contributed by atoms with van der Waals surface area (Å²) in [6.45, 7) is 0. The van der Waals surface area contributed by atoms with Crippen LogP contribution in [0.5, 0.6) is 0 Å². The Hall–Kier alpha value is -0.870. The molecule has 82 valence electrons. The van der Waals surface area contributed by atoms with E-state index in [1.807, 2.05) is 12.1 Å². The summed E-state index contributed by atoms with van der Waals surface area (Å²) < 4.78 is 25.2. The zero-order chi connectivity index (χ0) is 10.9. The molecule has 0 aliphatic heterocycles. The van der Waals surface area contributed by atoms with Crippen LogP contribution in [0, 0.1) is 0 Å². The zero-order valence-corrected chi connectivity index (χ0v) is 9.55. The Morgan fingerprint density at radius 3 is 2.20 bits per heavy atom. The van der Waals surface area contributed by atoms with Crippen molar-refractivity contribution in [1.29, 1.82) is 0 Å². The molecule has 0 amide bonds. The van der Waals surface area contributed by atoms with Gasteiger partial charge in [0.25, 0.3) is 0 Å². The predicted molar refractivity (Wildman–Crippen MR) is 59.3 cm³/mol. The van der Waals surface area contributed by atoms with Gasteiger partial charge in [0.05, 0.1) is 4.90 Å². The first-order chi connectivity index (χ1) is 7.13. The number of benzene rings is 1. The van der Waals surface area contributed by atoms with Crippen molar-refractivity contribution in [1.82, 2.24) is 4.72 Å². The van der Waals surface area contributed by atoms with Gasteiger partial charge in [-0.05, 0) is 43.5 Å². The maximum atomic E-state index is 11.5. The van der Waals surface area contributed by atoms with E-state index >= 15 is 0 Å². The Kier molecular flexibility index (Phi) is 2.80. The van der Waals surface area contributed by atoms with Crippen molar-refractivity contribution in [3.63, 3.8) is 0 Å². The van der Waals surface area contributed by atoms with Crippen LogP contribution in [0.4, 0.5) is 0 Å². The molecule has 1 aromatic carbocycles. The van der Waals surface area contributed by atoms with E-state index in [-0.39, 0.29) is 0 Å². The van der Waals surface area contributed by atoms with Crippen LogP contribution in [0.1, 0.15) is 30.7 Å². The van der Waals surface area contributed by atoms with Crippen molar-refractivity contribution in [3.8, 4) is 0 Å². The lowest BCUT2D eigenvalue weighted by molar-refractivity contribution is 0.419. The van der Waals surface area contributed by atoms with E-state index in [2.05, 4.69) is 4.72 Å². The summed E-state index contributed by atoms with van der Waals surface area (Å²) in [5.74, 6) is 0.649.